The second kappa shape index (κ2) is 22.1. The minimum Gasteiger partial charge on any atom is -0.484 e. The molecule has 1 aliphatic rings. The number of nitrogens with two attached hydrogens (primary N) is 2. The van der Waals surface area contributed by atoms with Gasteiger partial charge in [-0.15, -0.1) is 0 Å². The van der Waals surface area contributed by atoms with Crippen LogP contribution >= 0.6 is 11.6 Å². The summed E-state index contributed by atoms with van der Waals surface area (Å²) in [5, 5.41) is 3.09. The van der Waals surface area contributed by atoms with E-state index in [4.69, 9.17) is 42.0 Å². The van der Waals surface area contributed by atoms with E-state index in [-0.39, 0.29) is 53.6 Å². The summed E-state index contributed by atoms with van der Waals surface area (Å²) in [5.74, 6) is 0.572. The Hall–Kier alpha value is -4.70. The second-order valence-corrected chi connectivity index (χ2v) is 14.7. The zero-order valence-electron chi connectivity index (χ0n) is 33.1. The standard InChI is InChI=1S/C40H57ClN8O7/c1-47(19-24-53-3)34(50)27-55-32-15-11-29(12-16-32)8-5-21-49(23-7-10-31(26-49)44-40(52)36-38(42)46-39(43)37(41)45-36)22-6-9-30-13-17-33(18-14-30)56-28-35(51)48(2)20-25-54-4/h11-18,31H,5-10,19-28H2,1-4H3,(H4-,42,43,44,46,52)/p+1. The number of benzene rings is 2. The highest BCUT2D eigenvalue weighted by atomic mass is 35.5. The van der Waals surface area contributed by atoms with Crippen LogP contribution in [0, 0.1) is 0 Å². The van der Waals surface area contributed by atoms with Gasteiger partial charge in [0.1, 0.15) is 11.5 Å². The number of piperidine rings is 1. The van der Waals surface area contributed by atoms with Gasteiger partial charge >= 0.3 is 0 Å². The predicted octanol–water partition coefficient (Wildman–Crippen LogP) is 3.24. The molecule has 16 heteroatoms. The number of hydrogen-bond donors (Lipinski definition) is 3. The summed E-state index contributed by atoms with van der Waals surface area (Å²) >= 11 is 6.07. The molecule has 0 saturated carbocycles. The number of anilines is 2. The first-order valence-electron chi connectivity index (χ1n) is 19.1. The molecule has 1 unspecified atom stereocenters. The average molecular weight is 798 g/mol. The normalized spacial score (nSPS) is 14.8. The summed E-state index contributed by atoms with van der Waals surface area (Å²) < 4.78 is 22.4. The van der Waals surface area contributed by atoms with E-state index < -0.39 is 5.91 Å². The quantitative estimate of drug-likeness (QED) is 0.127. The smallest absolute Gasteiger partial charge is 0.274 e. The van der Waals surface area contributed by atoms with Crippen LogP contribution in [0.4, 0.5) is 11.6 Å². The summed E-state index contributed by atoms with van der Waals surface area (Å²) in [6, 6.07) is 15.7. The summed E-state index contributed by atoms with van der Waals surface area (Å²) in [5.41, 5.74) is 14.1. The maximum Gasteiger partial charge on any atom is 0.274 e. The molecule has 1 fully saturated rings. The Bertz CT molecular complexity index is 1630. The molecule has 1 atom stereocenters. The molecule has 56 heavy (non-hydrogen) atoms. The van der Waals surface area contributed by atoms with Crippen LogP contribution in [0.5, 0.6) is 11.5 Å². The van der Waals surface area contributed by atoms with Gasteiger partial charge in [0.2, 0.25) is 0 Å². The number of likely N-dealkylation sites (N-methyl/N-ethyl adjacent to an activating group) is 2. The van der Waals surface area contributed by atoms with Crippen molar-refractivity contribution in [2.45, 2.75) is 44.6 Å². The van der Waals surface area contributed by atoms with Crippen molar-refractivity contribution >= 4 is 41.0 Å². The number of carbonyl (C=O) groups excluding carboxylic acids is 3. The minimum absolute atomic E-state index is 0.0216. The van der Waals surface area contributed by atoms with Crippen LogP contribution < -0.4 is 26.3 Å². The Kier molecular flexibility index (Phi) is 17.4. The number of nitrogens with one attached hydrogen (secondary N) is 1. The minimum atomic E-state index is -0.418. The molecule has 1 aromatic heterocycles. The third-order valence-electron chi connectivity index (χ3n) is 10.1. The molecule has 15 nitrogen and oxygen atoms in total. The summed E-state index contributed by atoms with van der Waals surface area (Å²) in [6.07, 6.45) is 5.42. The topological polar surface area (TPSA) is 184 Å². The Labute approximate surface area is 335 Å². The highest BCUT2D eigenvalue weighted by Gasteiger charge is 2.35. The van der Waals surface area contributed by atoms with Crippen molar-refractivity contribution in [3.63, 3.8) is 0 Å². The van der Waals surface area contributed by atoms with Crippen molar-refractivity contribution in [3.8, 4) is 11.5 Å². The maximum atomic E-state index is 13.3. The van der Waals surface area contributed by atoms with Crippen LogP contribution in [0.3, 0.4) is 0 Å². The van der Waals surface area contributed by atoms with Gasteiger partial charge in [-0.1, -0.05) is 35.9 Å². The van der Waals surface area contributed by atoms with Crippen molar-refractivity contribution in [2.24, 2.45) is 0 Å². The molecule has 0 aliphatic carbocycles. The van der Waals surface area contributed by atoms with Gasteiger partial charge < -0.3 is 50.0 Å². The summed E-state index contributed by atoms with van der Waals surface area (Å²) in [6.45, 7) is 5.52. The Morgan fingerprint density at radius 1 is 0.804 bits per heavy atom. The van der Waals surface area contributed by atoms with Crippen LogP contribution in [0.25, 0.3) is 0 Å². The number of aromatic nitrogens is 2. The maximum absolute atomic E-state index is 13.3. The SMILES string of the molecule is COCCN(C)C(=O)COc1ccc(CCC[N+]2(CCCc3ccc(OCC(=O)N(C)CCOC)cc3)CCCC(NC(=O)c3nc(Cl)c(N)nc3N)C2)cc1. The zero-order valence-corrected chi connectivity index (χ0v) is 33.9. The van der Waals surface area contributed by atoms with Gasteiger partial charge in [-0.25, -0.2) is 9.97 Å². The number of rotatable bonds is 22. The number of amides is 3. The van der Waals surface area contributed by atoms with Gasteiger partial charge in [0.25, 0.3) is 17.7 Å². The van der Waals surface area contributed by atoms with Gasteiger partial charge in [0.05, 0.1) is 45.4 Å². The molecule has 1 saturated heterocycles. The number of hydrogen-bond acceptors (Lipinski definition) is 11. The molecule has 2 heterocycles. The van der Waals surface area contributed by atoms with Crippen LogP contribution in [-0.4, -0.2) is 142 Å². The van der Waals surface area contributed by atoms with E-state index in [1.165, 1.54) is 11.1 Å². The molecule has 5 N–H and O–H groups in total. The van der Waals surface area contributed by atoms with Crippen molar-refractivity contribution in [1.29, 1.82) is 0 Å². The molecule has 0 bridgehead atoms. The Balaban J connectivity index is 1.36. The van der Waals surface area contributed by atoms with Gasteiger partial charge in [-0.2, -0.15) is 0 Å². The fourth-order valence-corrected chi connectivity index (χ4v) is 6.91. The third-order valence-corrected chi connectivity index (χ3v) is 10.4. The van der Waals surface area contributed by atoms with E-state index in [1.54, 1.807) is 38.1 Å². The lowest BCUT2D eigenvalue weighted by molar-refractivity contribution is -0.933. The van der Waals surface area contributed by atoms with Crippen LogP contribution in [0.1, 0.15) is 47.3 Å². The van der Waals surface area contributed by atoms with E-state index >= 15 is 0 Å². The molecule has 0 spiro atoms. The zero-order chi connectivity index (χ0) is 40.5. The highest BCUT2D eigenvalue weighted by molar-refractivity contribution is 6.31. The fraction of sp³-hybridized carbons (Fsp3) is 0.525. The molecule has 4 rings (SSSR count). The molecule has 2 aromatic carbocycles. The van der Waals surface area contributed by atoms with E-state index in [9.17, 15) is 14.4 Å². The van der Waals surface area contributed by atoms with Crippen LogP contribution in [-0.2, 0) is 31.9 Å². The van der Waals surface area contributed by atoms with E-state index in [1.807, 2.05) is 48.5 Å². The van der Waals surface area contributed by atoms with E-state index in [0.29, 0.717) is 37.8 Å². The number of aryl methyl sites for hydroxylation is 2. The van der Waals surface area contributed by atoms with Gasteiger partial charge in [-0.05, 0) is 61.1 Å². The molecule has 3 aromatic rings. The van der Waals surface area contributed by atoms with Crippen LogP contribution in [0.15, 0.2) is 48.5 Å². The molecular weight excluding hydrogens is 740 g/mol. The predicted molar refractivity (Wildman–Crippen MR) is 216 cm³/mol. The molecular formula is C40H58ClN8O7+. The number of quaternary nitrogens is 1. The number of nitrogens with zero attached hydrogens (tertiary/aromatic N) is 5. The van der Waals surface area contributed by atoms with Crippen molar-refractivity contribution in [1.82, 2.24) is 25.1 Å². The van der Waals surface area contributed by atoms with Crippen LogP contribution in [0.2, 0.25) is 5.15 Å². The molecule has 1 aliphatic heterocycles. The molecule has 0 radical (unpaired) electrons. The second-order valence-electron chi connectivity index (χ2n) is 14.3. The molecule has 3 amide bonds. The van der Waals surface area contributed by atoms with Crippen molar-refractivity contribution < 1.29 is 37.8 Å². The summed E-state index contributed by atoms with van der Waals surface area (Å²) in [7, 11) is 6.67. The lowest BCUT2D eigenvalue weighted by Crippen LogP contribution is -2.60. The average Bonchev–Trinajstić information content (AvgIpc) is 3.19. The monoisotopic (exact) mass is 797 g/mol. The van der Waals surface area contributed by atoms with Crippen molar-refractivity contribution in [2.75, 3.05) is 105 Å². The first-order chi connectivity index (χ1) is 26.9. The van der Waals surface area contributed by atoms with Gasteiger partial charge in [0, 0.05) is 54.2 Å². The largest absolute Gasteiger partial charge is 0.484 e. The summed E-state index contributed by atoms with van der Waals surface area (Å²) in [4.78, 5) is 49.2. The Morgan fingerprint density at radius 2 is 1.30 bits per heavy atom. The first-order valence-corrected chi connectivity index (χ1v) is 19.4. The Morgan fingerprint density at radius 3 is 1.79 bits per heavy atom. The van der Waals surface area contributed by atoms with E-state index in [2.05, 4.69) is 15.3 Å². The lowest BCUT2D eigenvalue weighted by Gasteiger charge is -2.45. The number of likely N-dealkylation sites (tertiary alicyclic amines) is 1. The van der Waals surface area contributed by atoms with E-state index in [0.717, 1.165) is 69.2 Å². The number of halogens is 1. The number of ether oxygens (including phenoxy) is 4. The molecule has 306 valence electrons. The highest BCUT2D eigenvalue weighted by Crippen LogP contribution is 2.25. The van der Waals surface area contributed by atoms with Gasteiger partial charge in [0.15, 0.2) is 35.7 Å². The fourth-order valence-electron chi connectivity index (χ4n) is 6.78. The number of nitrogen functional groups attached to an aromatic ring is 2. The first kappa shape index (κ1) is 44.0. The van der Waals surface area contributed by atoms with Crippen molar-refractivity contribution in [3.05, 3.63) is 70.5 Å². The number of methoxy groups -OCH3 is 2. The lowest BCUT2D eigenvalue weighted by atomic mass is 9.99. The van der Waals surface area contributed by atoms with Gasteiger partial charge in [-0.3, -0.25) is 14.4 Å². The third kappa shape index (κ3) is 13.8. The number of carbonyl (C=O) groups is 3.